The van der Waals surface area contributed by atoms with E-state index >= 15 is 0 Å². The molecule has 0 saturated carbocycles. The summed E-state index contributed by atoms with van der Waals surface area (Å²) >= 11 is 0. The van der Waals surface area contributed by atoms with E-state index in [2.05, 4.69) is 12.2 Å². The van der Waals surface area contributed by atoms with Crippen molar-refractivity contribution in [3.05, 3.63) is 0 Å². The topological polar surface area (TPSA) is 21.3 Å². The van der Waals surface area contributed by atoms with E-state index in [1.165, 1.54) is 0 Å². The van der Waals surface area contributed by atoms with Gasteiger partial charge in [0.05, 0.1) is 6.10 Å². The maximum absolute atomic E-state index is 12.2. The van der Waals surface area contributed by atoms with Crippen molar-refractivity contribution in [3.63, 3.8) is 0 Å². The van der Waals surface area contributed by atoms with Gasteiger partial charge >= 0.3 is 6.18 Å². The number of nitrogens with one attached hydrogen (secondary N) is 1. The number of halogens is 3. The summed E-state index contributed by atoms with van der Waals surface area (Å²) in [6, 6.07) is 0.157. The Bertz CT molecular complexity index is 233. The minimum absolute atomic E-state index is 0.157. The molecule has 1 aliphatic heterocycles. The van der Waals surface area contributed by atoms with Crippen LogP contribution in [0.5, 0.6) is 0 Å². The largest absolute Gasteiger partial charge is 0.389 e. The first-order valence-electron chi connectivity index (χ1n) is 6.85. The van der Waals surface area contributed by atoms with Crippen molar-refractivity contribution >= 4 is 0 Å². The quantitative estimate of drug-likeness (QED) is 0.762. The summed E-state index contributed by atoms with van der Waals surface area (Å²) in [5, 5.41) is 3.38. The van der Waals surface area contributed by atoms with Gasteiger partial charge in [0.2, 0.25) is 0 Å². The average Bonchev–Trinajstić information content (AvgIpc) is 2.68. The molecule has 1 N–H and O–H groups in total. The molecule has 108 valence electrons. The van der Waals surface area contributed by atoms with Crippen LogP contribution in [0.3, 0.4) is 0 Å². The summed E-state index contributed by atoms with van der Waals surface area (Å²) in [4.78, 5) is 0. The second-order valence-electron chi connectivity index (χ2n) is 5.10. The first-order valence-corrected chi connectivity index (χ1v) is 6.85. The predicted octanol–water partition coefficient (Wildman–Crippen LogP) is 3.51. The molecule has 2 nitrogen and oxygen atoms in total. The van der Waals surface area contributed by atoms with Gasteiger partial charge in [0.1, 0.15) is 0 Å². The van der Waals surface area contributed by atoms with Crippen molar-refractivity contribution in [2.45, 2.75) is 64.3 Å². The highest BCUT2D eigenvalue weighted by molar-refractivity contribution is 4.84. The molecular weight excluding hydrogens is 243 g/mol. The highest BCUT2D eigenvalue weighted by Gasteiger charge is 2.32. The lowest BCUT2D eigenvalue weighted by Crippen LogP contribution is -2.39. The van der Waals surface area contributed by atoms with Gasteiger partial charge < -0.3 is 10.1 Å². The lowest BCUT2D eigenvalue weighted by Gasteiger charge is -2.27. The SMILES string of the molecule is CCCNC(CCCC(F)(F)F)C1CCOC1C. The van der Waals surface area contributed by atoms with E-state index in [9.17, 15) is 13.2 Å². The van der Waals surface area contributed by atoms with E-state index in [1.54, 1.807) is 0 Å². The molecular formula is C13H24F3NO. The molecule has 5 heteroatoms. The van der Waals surface area contributed by atoms with Crippen molar-refractivity contribution in [1.82, 2.24) is 5.32 Å². The van der Waals surface area contributed by atoms with Crippen LogP contribution in [0.1, 0.15) is 46.0 Å². The molecule has 1 saturated heterocycles. The van der Waals surface area contributed by atoms with Crippen LogP contribution in [0.25, 0.3) is 0 Å². The van der Waals surface area contributed by atoms with E-state index in [0.717, 1.165) is 26.0 Å². The molecule has 0 aromatic carbocycles. The highest BCUT2D eigenvalue weighted by atomic mass is 19.4. The third kappa shape index (κ3) is 5.57. The van der Waals surface area contributed by atoms with E-state index < -0.39 is 12.6 Å². The molecule has 0 aromatic heterocycles. The van der Waals surface area contributed by atoms with Gasteiger partial charge in [-0.15, -0.1) is 0 Å². The minimum Gasteiger partial charge on any atom is -0.378 e. The van der Waals surface area contributed by atoms with Crippen LogP contribution in [0, 0.1) is 5.92 Å². The lowest BCUT2D eigenvalue weighted by molar-refractivity contribution is -0.136. The van der Waals surface area contributed by atoms with Crippen molar-refractivity contribution in [2.75, 3.05) is 13.2 Å². The van der Waals surface area contributed by atoms with Gasteiger partial charge in [0.25, 0.3) is 0 Å². The Hall–Kier alpha value is -0.290. The smallest absolute Gasteiger partial charge is 0.378 e. The molecule has 0 bridgehead atoms. The van der Waals surface area contributed by atoms with Crippen LogP contribution in [0.4, 0.5) is 13.2 Å². The van der Waals surface area contributed by atoms with Gasteiger partial charge in [0.15, 0.2) is 0 Å². The van der Waals surface area contributed by atoms with Crippen LogP contribution >= 0.6 is 0 Å². The first-order chi connectivity index (χ1) is 8.44. The number of rotatable bonds is 7. The Labute approximate surface area is 107 Å². The zero-order valence-corrected chi connectivity index (χ0v) is 11.2. The normalized spacial score (nSPS) is 26.5. The monoisotopic (exact) mass is 267 g/mol. The Morgan fingerprint density at radius 2 is 2.11 bits per heavy atom. The molecule has 3 atom stereocenters. The van der Waals surface area contributed by atoms with E-state index in [1.807, 2.05) is 6.92 Å². The van der Waals surface area contributed by atoms with E-state index in [4.69, 9.17) is 4.74 Å². The standard InChI is InChI=1S/C13H24F3NO/c1-3-8-17-12(5-4-7-13(14,15)16)11-6-9-18-10(11)2/h10-12,17H,3-9H2,1-2H3. The molecule has 1 fully saturated rings. The third-order valence-corrected chi connectivity index (χ3v) is 3.58. The summed E-state index contributed by atoms with van der Waals surface area (Å²) in [7, 11) is 0. The fourth-order valence-electron chi connectivity index (χ4n) is 2.60. The number of alkyl halides is 3. The molecule has 0 amide bonds. The van der Waals surface area contributed by atoms with Gasteiger partial charge in [-0.3, -0.25) is 0 Å². The van der Waals surface area contributed by atoms with Gasteiger partial charge in [0, 0.05) is 25.0 Å². The molecule has 0 radical (unpaired) electrons. The minimum atomic E-state index is -4.03. The zero-order valence-electron chi connectivity index (χ0n) is 11.2. The van der Waals surface area contributed by atoms with Crippen LogP contribution in [-0.2, 0) is 4.74 Å². The van der Waals surface area contributed by atoms with Crippen molar-refractivity contribution in [3.8, 4) is 0 Å². The number of hydrogen-bond acceptors (Lipinski definition) is 2. The van der Waals surface area contributed by atoms with Crippen molar-refractivity contribution < 1.29 is 17.9 Å². The molecule has 1 heterocycles. The summed E-state index contributed by atoms with van der Waals surface area (Å²) in [6.07, 6.45) is -1.82. The highest BCUT2D eigenvalue weighted by Crippen LogP contribution is 2.29. The third-order valence-electron chi connectivity index (χ3n) is 3.58. The Balaban J connectivity index is 2.40. The summed E-state index contributed by atoms with van der Waals surface area (Å²) in [6.45, 7) is 5.67. The van der Waals surface area contributed by atoms with Gasteiger partial charge in [-0.25, -0.2) is 0 Å². The van der Waals surface area contributed by atoms with Crippen LogP contribution in [-0.4, -0.2) is 31.5 Å². The fourth-order valence-corrected chi connectivity index (χ4v) is 2.60. The Morgan fingerprint density at radius 3 is 2.61 bits per heavy atom. The van der Waals surface area contributed by atoms with Crippen LogP contribution < -0.4 is 5.32 Å². The predicted molar refractivity (Wildman–Crippen MR) is 65.5 cm³/mol. The summed E-state index contributed by atoms with van der Waals surface area (Å²) in [5.74, 6) is 0.352. The molecule has 0 aromatic rings. The van der Waals surface area contributed by atoms with Crippen LogP contribution in [0.15, 0.2) is 0 Å². The molecule has 18 heavy (non-hydrogen) atoms. The van der Waals surface area contributed by atoms with E-state index in [0.29, 0.717) is 12.3 Å². The fraction of sp³-hybridized carbons (Fsp3) is 1.00. The zero-order chi connectivity index (χ0) is 13.6. The second-order valence-corrected chi connectivity index (χ2v) is 5.10. The molecule has 1 aliphatic rings. The number of hydrogen-bond donors (Lipinski definition) is 1. The average molecular weight is 267 g/mol. The maximum atomic E-state index is 12.2. The molecule has 0 spiro atoms. The molecule has 0 aliphatic carbocycles. The number of ether oxygens (including phenoxy) is 1. The maximum Gasteiger partial charge on any atom is 0.389 e. The second kappa shape index (κ2) is 7.34. The lowest BCUT2D eigenvalue weighted by atomic mass is 9.89. The van der Waals surface area contributed by atoms with Crippen molar-refractivity contribution in [1.29, 1.82) is 0 Å². The summed E-state index contributed by atoms with van der Waals surface area (Å²) < 4.78 is 42.0. The van der Waals surface area contributed by atoms with Crippen molar-refractivity contribution in [2.24, 2.45) is 5.92 Å². The first kappa shape index (κ1) is 15.8. The van der Waals surface area contributed by atoms with E-state index in [-0.39, 0.29) is 18.6 Å². The molecule has 1 rings (SSSR count). The molecule has 3 unspecified atom stereocenters. The van der Waals surface area contributed by atoms with Gasteiger partial charge in [-0.05, 0) is 39.2 Å². The summed E-state index contributed by atoms with van der Waals surface area (Å²) in [5.41, 5.74) is 0. The Morgan fingerprint density at radius 1 is 1.39 bits per heavy atom. The van der Waals surface area contributed by atoms with Gasteiger partial charge in [-0.2, -0.15) is 13.2 Å². The van der Waals surface area contributed by atoms with Crippen LogP contribution in [0.2, 0.25) is 0 Å². The van der Waals surface area contributed by atoms with Gasteiger partial charge in [-0.1, -0.05) is 6.92 Å². The Kier molecular flexibility index (Phi) is 6.43.